The van der Waals surface area contributed by atoms with Crippen LogP contribution in [0, 0.1) is 0 Å². The number of hydrogen-bond acceptors (Lipinski definition) is 4. The van der Waals surface area contributed by atoms with Gasteiger partial charge in [-0.05, 0) is 30.3 Å². The van der Waals surface area contributed by atoms with Crippen LogP contribution in [0.5, 0.6) is 0 Å². The second-order valence-electron chi connectivity index (χ2n) is 4.59. The lowest BCUT2D eigenvalue weighted by atomic mass is 10.2. The third kappa shape index (κ3) is 2.62. The largest absolute Gasteiger partial charge is 0.366 e. The summed E-state index contributed by atoms with van der Waals surface area (Å²) in [6.45, 7) is 0. The van der Waals surface area contributed by atoms with Crippen molar-refractivity contribution in [3.8, 4) is 17.2 Å². The van der Waals surface area contributed by atoms with Crippen molar-refractivity contribution in [2.24, 2.45) is 5.73 Å². The van der Waals surface area contributed by atoms with E-state index >= 15 is 0 Å². The Balaban J connectivity index is 2.12. The van der Waals surface area contributed by atoms with Crippen LogP contribution in [-0.4, -0.2) is 20.4 Å². The van der Waals surface area contributed by atoms with E-state index in [-0.39, 0.29) is 11.1 Å². The summed E-state index contributed by atoms with van der Waals surface area (Å²) >= 11 is 0. The van der Waals surface area contributed by atoms with E-state index in [0.717, 1.165) is 0 Å². The average molecular weight is 292 g/mol. The van der Waals surface area contributed by atoms with Gasteiger partial charge in [-0.15, -0.1) is 0 Å². The highest BCUT2D eigenvalue weighted by Gasteiger charge is 2.08. The van der Waals surface area contributed by atoms with Gasteiger partial charge in [0, 0.05) is 18.5 Å². The van der Waals surface area contributed by atoms with Crippen molar-refractivity contribution in [2.75, 3.05) is 0 Å². The minimum atomic E-state index is -0.602. The molecule has 1 amide bonds. The molecular weight excluding hydrogens is 280 g/mol. The van der Waals surface area contributed by atoms with Crippen LogP contribution >= 0.6 is 0 Å². The van der Waals surface area contributed by atoms with Gasteiger partial charge in [-0.2, -0.15) is 0 Å². The standard InChI is InChI=1S/C16H12N4O2/c17-16(22)11-7-8-15(21)20(10-11)14-6-3-5-13(19-14)12-4-1-2-9-18-12/h1-10H,(H2,17,22). The van der Waals surface area contributed by atoms with Gasteiger partial charge in [0.15, 0.2) is 0 Å². The maximum atomic E-state index is 12.0. The zero-order chi connectivity index (χ0) is 15.5. The van der Waals surface area contributed by atoms with Crippen LogP contribution in [0.2, 0.25) is 0 Å². The van der Waals surface area contributed by atoms with Gasteiger partial charge in [-0.25, -0.2) is 4.98 Å². The summed E-state index contributed by atoms with van der Waals surface area (Å²) in [4.78, 5) is 31.9. The molecule has 108 valence electrons. The van der Waals surface area contributed by atoms with E-state index in [0.29, 0.717) is 17.2 Å². The summed E-state index contributed by atoms with van der Waals surface area (Å²) in [5, 5.41) is 0. The van der Waals surface area contributed by atoms with Crippen molar-refractivity contribution in [1.82, 2.24) is 14.5 Å². The average Bonchev–Trinajstić information content (AvgIpc) is 2.56. The summed E-state index contributed by atoms with van der Waals surface area (Å²) in [6, 6.07) is 13.4. The fourth-order valence-electron chi connectivity index (χ4n) is 2.03. The number of nitrogens with two attached hydrogens (primary N) is 1. The molecule has 3 aromatic heterocycles. The van der Waals surface area contributed by atoms with E-state index in [1.165, 1.54) is 22.9 Å². The molecule has 0 aromatic carbocycles. The summed E-state index contributed by atoms with van der Waals surface area (Å²) in [7, 11) is 0. The molecule has 0 aliphatic rings. The lowest BCUT2D eigenvalue weighted by molar-refractivity contribution is 0.0999. The molecule has 0 unspecified atom stereocenters. The fourth-order valence-corrected chi connectivity index (χ4v) is 2.03. The third-order valence-electron chi connectivity index (χ3n) is 3.10. The molecule has 6 heteroatoms. The predicted molar refractivity (Wildman–Crippen MR) is 81.6 cm³/mol. The molecule has 0 atom stereocenters. The number of pyridine rings is 3. The number of nitrogens with zero attached hydrogens (tertiary/aromatic N) is 3. The highest BCUT2D eigenvalue weighted by atomic mass is 16.1. The first-order valence-corrected chi connectivity index (χ1v) is 6.56. The van der Waals surface area contributed by atoms with E-state index in [4.69, 9.17) is 5.73 Å². The Hall–Kier alpha value is -3.28. The quantitative estimate of drug-likeness (QED) is 0.789. The van der Waals surface area contributed by atoms with Crippen molar-refractivity contribution >= 4 is 5.91 Å². The first kappa shape index (κ1) is 13.7. The Morgan fingerprint density at radius 2 is 1.82 bits per heavy atom. The number of carbonyl (C=O) groups is 1. The van der Waals surface area contributed by atoms with Gasteiger partial charge < -0.3 is 5.73 Å². The first-order valence-electron chi connectivity index (χ1n) is 6.56. The van der Waals surface area contributed by atoms with Crippen LogP contribution in [-0.2, 0) is 0 Å². The van der Waals surface area contributed by atoms with Gasteiger partial charge >= 0.3 is 0 Å². The molecule has 0 aliphatic heterocycles. The van der Waals surface area contributed by atoms with Gasteiger partial charge in [-0.1, -0.05) is 12.1 Å². The van der Waals surface area contributed by atoms with Crippen LogP contribution < -0.4 is 11.3 Å². The SMILES string of the molecule is NC(=O)c1ccc(=O)n(-c2cccc(-c3ccccn3)n2)c1. The van der Waals surface area contributed by atoms with Crippen LogP contribution in [0.1, 0.15) is 10.4 Å². The van der Waals surface area contributed by atoms with E-state index in [1.54, 1.807) is 24.4 Å². The Bertz CT molecular complexity index is 888. The van der Waals surface area contributed by atoms with Crippen LogP contribution in [0.25, 0.3) is 17.2 Å². The highest BCUT2D eigenvalue weighted by Crippen LogP contribution is 2.15. The van der Waals surface area contributed by atoms with E-state index in [2.05, 4.69) is 9.97 Å². The molecule has 6 nitrogen and oxygen atoms in total. The van der Waals surface area contributed by atoms with Gasteiger partial charge in [0.25, 0.3) is 5.56 Å². The fraction of sp³-hybridized carbons (Fsp3) is 0. The molecule has 0 spiro atoms. The van der Waals surface area contributed by atoms with E-state index in [1.807, 2.05) is 18.2 Å². The van der Waals surface area contributed by atoms with E-state index in [9.17, 15) is 9.59 Å². The number of rotatable bonds is 3. The summed E-state index contributed by atoms with van der Waals surface area (Å²) < 4.78 is 1.28. The molecule has 0 saturated carbocycles. The van der Waals surface area contributed by atoms with Crippen molar-refractivity contribution in [3.63, 3.8) is 0 Å². The maximum absolute atomic E-state index is 12.0. The molecule has 3 rings (SSSR count). The number of amides is 1. The number of aromatic nitrogens is 3. The van der Waals surface area contributed by atoms with E-state index < -0.39 is 5.91 Å². The number of primary amides is 1. The smallest absolute Gasteiger partial charge is 0.256 e. The minimum Gasteiger partial charge on any atom is -0.366 e. The Morgan fingerprint density at radius 3 is 2.55 bits per heavy atom. The Kier molecular flexibility index (Phi) is 3.49. The van der Waals surface area contributed by atoms with Gasteiger partial charge in [0.1, 0.15) is 5.82 Å². The molecular formula is C16H12N4O2. The predicted octanol–water partition coefficient (Wildman–Crippen LogP) is 1.39. The maximum Gasteiger partial charge on any atom is 0.256 e. The Morgan fingerprint density at radius 1 is 1.00 bits per heavy atom. The molecule has 3 heterocycles. The summed E-state index contributed by atoms with van der Waals surface area (Å²) in [6.07, 6.45) is 3.05. The Labute approximate surface area is 125 Å². The third-order valence-corrected chi connectivity index (χ3v) is 3.10. The number of hydrogen-bond donors (Lipinski definition) is 1. The van der Waals surface area contributed by atoms with Crippen molar-refractivity contribution in [1.29, 1.82) is 0 Å². The molecule has 0 radical (unpaired) electrons. The second-order valence-corrected chi connectivity index (χ2v) is 4.59. The summed E-state index contributed by atoms with van der Waals surface area (Å²) in [5.74, 6) is -0.203. The minimum absolute atomic E-state index is 0.240. The van der Waals surface area contributed by atoms with Crippen molar-refractivity contribution < 1.29 is 4.79 Å². The molecule has 22 heavy (non-hydrogen) atoms. The van der Waals surface area contributed by atoms with Crippen molar-refractivity contribution in [3.05, 3.63) is 76.8 Å². The molecule has 0 saturated heterocycles. The first-order chi connectivity index (χ1) is 10.6. The molecule has 2 N–H and O–H groups in total. The van der Waals surface area contributed by atoms with Gasteiger partial charge in [-0.3, -0.25) is 19.1 Å². The van der Waals surface area contributed by atoms with Gasteiger partial charge in [0.05, 0.1) is 17.0 Å². The second kappa shape index (κ2) is 5.61. The topological polar surface area (TPSA) is 90.9 Å². The zero-order valence-corrected chi connectivity index (χ0v) is 11.5. The van der Waals surface area contributed by atoms with Crippen LogP contribution in [0.4, 0.5) is 0 Å². The zero-order valence-electron chi connectivity index (χ0n) is 11.5. The lowest BCUT2D eigenvalue weighted by Gasteiger charge is -2.07. The molecule has 3 aromatic rings. The lowest BCUT2D eigenvalue weighted by Crippen LogP contribution is -2.21. The highest BCUT2D eigenvalue weighted by molar-refractivity contribution is 5.92. The van der Waals surface area contributed by atoms with Gasteiger partial charge in [0.2, 0.25) is 5.91 Å². The normalized spacial score (nSPS) is 10.4. The molecule has 0 bridgehead atoms. The van der Waals surface area contributed by atoms with Crippen LogP contribution in [0.15, 0.2) is 65.7 Å². The summed E-state index contributed by atoms with van der Waals surface area (Å²) in [5.41, 5.74) is 6.52. The monoisotopic (exact) mass is 292 g/mol. The van der Waals surface area contributed by atoms with Crippen LogP contribution in [0.3, 0.4) is 0 Å². The molecule has 0 aliphatic carbocycles. The number of carbonyl (C=O) groups excluding carboxylic acids is 1. The van der Waals surface area contributed by atoms with Crippen molar-refractivity contribution in [2.45, 2.75) is 0 Å². The molecule has 0 fully saturated rings.